The Hall–Kier alpha value is -3.44. The number of aliphatic imine (C=N–C) groups is 1. The van der Waals surface area contributed by atoms with Gasteiger partial charge in [-0.25, -0.2) is 8.42 Å². The van der Waals surface area contributed by atoms with Crippen molar-refractivity contribution in [3.05, 3.63) is 64.7 Å². The van der Waals surface area contributed by atoms with Crippen molar-refractivity contribution in [1.29, 1.82) is 5.41 Å². The summed E-state index contributed by atoms with van der Waals surface area (Å²) in [5.41, 5.74) is 2.75. The van der Waals surface area contributed by atoms with Crippen LogP contribution in [0.4, 0.5) is 0 Å². The summed E-state index contributed by atoms with van der Waals surface area (Å²) in [5.74, 6) is 0.150. The molecule has 0 bridgehead atoms. The van der Waals surface area contributed by atoms with Crippen LogP contribution in [0.5, 0.6) is 11.5 Å². The highest BCUT2D eigenvalue weighted by atomic mass is 32.3. The Kier molecular flexibility index (Phi) is 6.58. The molecule has 9 nitrogen and oxygen atoms in total. The number of hydrogen-bond acceptors (Lipinski definition) is 8. The molecule has 176 valence electrons. The third-order valence-corrected chi connectivity index (χ3v) is 7.39. The number of carbonyl (C=O) groups excluding carboxylic acids is 1. The lowest BCUT2D eigenvalue weighted by atomic mass is 10.1. The SMILES string of the molecule is CCOc1cc(/C=C2\C(=N)N3N=C(S(C)(=O)=O)SC3=NC2=O)ccc1OCc1cccc(C)c1. The first-order chi connectivity index (χ1) is 16.2. The number of sulfone groups is 1. The molecule has 1 N–H and O–H groups in total. The van der Waals surface area contributed by atoms with Gasteiger partial charge in [-0.05, 0) is 54.9 Å². The van der Waals surface area contributed by atoms with Crippen LogP contribution in [-0.4, -0.2) is 47.6 Å². The van der Waals surface area contributed by atoms with E-state index >= 15 is 0 Å². The summed E-state index contributed by atoms with van der Waals surface area (Å²) in [6.45, 7) is 4.66. The van der Waals surface area contributed by atoms with Crippen molar-refractivity contribution in [2.24, 2.45) is 10.1 Å². The largest absolute Gasteiger partial charge is 0.490 e. The number of amidine groups is 2. The van der Waals surface area contributed by atoms with Crippen LogP contribution in [0.25, 0.3) is 6.08 Å². The molecule has 0 atom stereocenters. The lowest BCUT2D eigenvalue weighted by Gasteiger charge is -2.20. The molecule has 1 amide bonds. The van der Waals surface area contributed by atoms with Crippen LogP contribution in [0.15, 0.2) is 58.1 Å². The quantitative estimate of drug-likeness (QED) is 0.604. The van der Waals surface area contributed by atoms with Crippen LogP contribution in [0, 0.1) is 12.3 Å². The number of nitrogens with one attached hydrogen (secondary N) is 1. The van der Waals surface area contributed by atoms with Gasteiger partial charge in [-0.3, -0.25) is 10.2 Å². The minimum atomic E-state index is -3.59. The smallest absolute Gasteiger partial charge is 0.283 e. The predicted molar refractivity (Wildman–Crippen MR) is 133 cm³/mol. The van der Waals surface area contributed by atoms with E-state index in [4.69, 9.17) is 14.9 Å². The molecule has 0 spiro atoms. The topological polar surface area (TPSA) is 121 Å². The Labute approximate surface area is 201 Å². The molecule has 2 aliphatic rings. The van der Waals surface area contributed by atoms with Crippen LogP contribution in [0.1, 0.15) is 23.6 Å². The Morgan fingerprint density at radius 1 is 1.15 bits per heavy atom. The van der Waals surface area contributed by atoms with Crippen LogP contribution in [-0.2, 0) is 21.2 Å². The van der Waals surface area contributed by atoms with E-state index in [0.717, 1.165) is 34.2 Å². The van der Waals surface area contributed by atoms with E-state index in [1.54, 1.807) is 18.2 Å². The van der Waals surface area contributed by atoms with Crippen molar-refractivity contribution < 1.29 is 22.7 Å². The highest BCUT2D eigenvalue weighted by molar-refractivity contribution is 8.42. The molecule has 0 aliphatic carbocycles. The molecule has 2 heterocycles. The van der Waals surface area contributed by atoms with Gasteiger partial charge in [0.2, 0.25) is 19.4 Å². The van der Waals surface area contributed by atoms with Gasteiger partial charge >= 0.3 is 0 Å². The van der Waals surface area contributed by atoms with Gasteiger partial charge in [0.25, 0.3) is 5.91 Å². The minimum Gasteiger partial charge on any atom is -0.490 e. The zero-order chi connectivity index (χ0) is 24.5. The summed E-state index contributed by atoms with van der Waals surface area (Å²) in [6, 6.07) is 13.2. The van der Waals surface area contributed by atoms with Gasteiger partial charge < -0.3 is 9.47 Å². The fraction of sp³-hybridized carbons (Fsp3) is 0.217. The van der Waals surface area contributed by atoms with Gasteiger partial charge in [0, 0.05) is 6.26 Å². The number of hydrogen-bond donors (Lipinski definition) is 1. The highest BCUT2D eigenvalue weighted by Gasteiger charge is 2.38. The second kappa shape index (κ2) is 9.43. The average Bonchev–Trinajstić information content (AvgIpc) is 3.21. The summed E-state index contributed by atoms with van der Waals surface area (Å²) < 4.78 is 35.1. The molecule has 0 fully saturated rings. The van der Waals surface area contributed by atoms with Crippen LogP contribution in [0.2, 0.25) is 0 Å². The first kappa shape index (κ1) is 23.7. The minimum absolute atomic E-state index is 0.0151. The molecule has 2 aromatic carbocycles. The van der Waals surface area contributed by atoms with Crippen molar-refractivity contribution in [1.82, 2.24) is 5.01 Å². The maximum absolute atomic E-state index is 12.6. The summed E-state index contributed by atoms with van der Waals surface area (Å²) in [7, 11) is -3.59. The number of nitrogens with zero attached hydrogens (tertiary/aromatic N) is 3. The van der Waals surface area contributed by atoms with E-state index in [-0.39, 0.29) is 21.0 Å². The first-order valence-corrected chi connectivity index (χ1v) is 13.0. The molecule has 0 aromatic heterocycles. The molecule has 0 saturated carbocycles. The number of amides is 1. The summed E-state index contributed by atoms with van der Waals surface area (Å²) in [6.07, 6.45) is 2.51. The monoisotopic (exact) mass is 498 g/mol. The molecule has 4 rings (SSSR count). The Balaban J connectivity index is 1.60. The number of aryl methyl sites for hydroxylation is 1. The second-order valence-corrected chi connectivity index (χ2v) is 10.7. The summed E-state index contributed by atoms with van der Waals surface area (Å²) in [5, 5.41) is 13.4. The molecular weight excluding hydrogens is 476 g/mol. The van der Waals surface area contributed by atoms with Gasteiger partial charge in [-0.1, -0.05) is 35.9 Å². The van der Waals surface area contributed by atoms with Gasteiger partial charge in [-0.15, -0.1) is 5.10 Å². The number of benzene rings is 2. The number of ether oxygens (including phenoxy) is 2. The molecule has 11 heteroatoms. The van der Waals surface area contributed by atoms with Crippen LogP contribution < -0.4 is 9.47 Å². The third kappa shape index (κ3) is 5.05. The Morgan fingerprint density at radius 2 is 1.94 bits per heavy atom. The zero-order valence-corrected chi connectivity index (χ0v) is 20.4. The average molecular weight is 499 g/mol. The van der Waals surface area contributed by atoms with E-state index in [1.807, 2.05) is 38.1 Å². The number of hydrazone groups is 1. The lowest BCUT2D eigenvalue weighted by molar-refractivity contribution is -0.114. The van der Waals surface area contributed by atoms with Gasteiger partial charge in [0.05, 0.1) is 12.2 Å². The highest BCUT2D eigenvalue weighted by Crippen LogP contribution is 2.33. The molecule has 0 radical (unpaired) electrons. The fourth-order valence-corrected chi connectivity index (χ4v) is 4.94. The van der Waals surface area contributed by atoms with Crippen molar-refractivity contribution >= 4 is 49.0 Å². The van der Waals surface area contributed by atoms with Gasteiger partial charge in [-0.2, -0.15) is 10.0 Å². The van der Waals surface area contributed by atoms with Crippen LogP contribution in [0.3, 0.4) is 0 Å². The van der Waals surface area contributed by atoms with Crippen molar-refractivity contribution in [3.63, 3.8) is 0 Å². The fourth-order valence-electron chi connectivity index (χ4n) is 3.26. The van der Waals surface area contributed by atoms with E-state index in [1.165, 1.54) is 6.08 Å². The molecular formula is C23H22N4O5S2. The summed E-state index contributed by atoms with van der Waals surface area (Å²) >= 11 is 0.745. The molecule has 2 aromatic rings. The predicted octanol–water partition coefficient (Wildman–Crippen LogP) is 3.59. The number of thioether (sulfide) groups is 1. The van der Waals surface area contributed by atoms with Crippen LogP contribution >= 0.6 is 11.8 Å². The lowest BCUT2D eigenvalue weighted by Crippen LogP contribution is -2.35. The molecule has 0 unspecified atom stereocenters. The van der Waals surface area contributed by atoms with Crippen molar-refractivity contribution in [2.75, 3.05) is 12.9 Å². The Bertz CT molecular complexity index is 1380. The Morgan fingerprint density at radius 3 is 2.65 bits per heavy atom. The molecule has 0 saturated heterocycles. The first-order valence-electron chi connectivity index (χ1n) is 10.3. The van der Waals surface area contributed by atoms with Crippen molar-refractivity contribution in [2.45, 2.75) is 20.5 Å². The van der Waals surface area contributed by atoms with Crippen molar-refractivity contribution in [3.8, 4) is 11.5 Å². The molecule has 34 heavy (non-hydrogen) atoms. The van der Waals surface area contributed by atoms with E-state index in [0.29, 0.717) is 30.3 Å². The van der Waals surface area contributed by atoms with E-state index in [2.05, 4.69) is 10.1 Å². The van der Waals surface area contributed by atoms with Gasteiger partial charge in [0.1, 0.15) is 6.61 Å². The molecule has 2 aliphatic heterocycles. The maximum Gasteiger partial charge on any atom is 0.283 e. The second-order valence-electron chi connectivity index (χ2n) is 7.58. The standard InChI is InChI=1S/C23H22N4O5S2/c1-4-31-19-12-15(8-9-18(19)32-13-16-7-5-6-14(2)10-16)11-17-20(24)27-22(25-21(17)28)33-23(26-27)34(3,29)30/h5-12,24H,4,13H2,1-3H3/b17-11+,24-20?. The number of fused-ring (bicyclic) bond motifs is 1. The summed E-state index contributed by atoms with van der Waals surface area (Å²) in [4.78, 5) is 16.5. The van der Waals surface area contributed by atoms with Gasteiger partial charge in [0.15, 0.2) is 17.3 Å². The van der Waals surface area contributed by atoms with E-state index in [9.17, 15) is 13.2 Å². The maximum atomic E-state index is 12.6. The van der Waals surface area contributed by atoms with E-state index < -0.39 is 15.7 Å². The normalized spacial score (nSPS) is 16.9. The zero-order valence-electron chi connectivity index (χ0n) is 18.7. The number of carbonyl (C=O) groups is 1. The number of rotatable bonds is 6. The third-order valence-electron chi connectivity index (χ3n) is 4.81.